The Kier molecular flexibility index (Phi) is 4.61. The van der Waals surface area contributed by atoms with Gasteiger partial charge in [0.2, 0.25) is 0 Å². The Bertz CT molecular complexity index is 1400. The lowest BCUT2D eigenvalue weighted by atomic mass is 10.1. The molecule has 0 aliphatic carbocycles. The summed E-state index contributed by atoms with van der Waals surface area (Å²) in [7, 11) is 0. The summed E-state index contributed by atoms with van der Waals surface area (Å²) in [6, 6.07) is 19.4. The molecule has 0 aliphatic heterocycles. The second-order valence-corrected chi connectivity index (χ2v) is 7.91. The van der Waals surface area contributed by atoms with Crippen LogP contribution in [0.3, 0.4) is 0 Å². The number of para-hydroxylation sites is 1. The number of halogens is 2. The Labute approximate surface area is 183 Å². The fourth-order valence-corrected chi connectivity index (χ4v) is 4.30. The lowest BCUT2D eigenvalue weighted by Crippen LogP contribution is -1.92. The molecule has 0 radical (unpaired) electrons. The second kappa shape index (κ2) is 7.31. The first-order chi connectivity index (χ1) is 14.5. The summed E-state index contributed by atoms with van der Waals surface area (Å²) in [6.45, 7) is 2.15. The number of aryl methyl sites for hydroxylation is 1. The van der Waals surface area contributed by atoms with Crippen LogP contribution < -0.4 is 0 Å². The summed E-state index contributed by atoms with van der Waals surface area (Å²) < 4.78 is 0. The molecule has 0 unspecified atom stereocenters. The number of H-pyrrole nitrogens is 1. The minimum Gasteiger partial charge on any atom is -0.505 e. The number of hydrogen-bond donors (Lipinski definition) is 2. The third-order valence-corrected chi connectivity index (χ3v) is 5.85. The smallest absolute Gasteiger partial charge is 0.152 e. The predicted octanol–water partition coefficient (Wildman–Crippen LogP) is 7.02. The van der Waals surface area contributed by atoms with Gasteiger partial charge < -0.3 is 10.1 Å². The standard InChI is InChI=1S/C24H17Cl2N3O/c1-2-14-15-5-3-4-6-19(15)29-23(14)22-10-9-20-21(28-22)8-7-18(27-20)13-11-16(25)24(30)17(26)12-13/h3-12,29-30H,2H2,1H3. The molecule has 4 nitrogen and oxygen atoms in total. The summed E-state index contributed by atoms with van der Waals surface area (Å²) >= 11 is 12.1. The van der Waals surface area contributed by atoms with Crippen molar-refractivity contribution in [3.8, 4) is 28.4 Å². The molecule has 3 aromatic heterocycles. The first-order valence-corrected chi connectivity index (χ1v) is 10.4. The van der Waals surface area contributed by atoms with Gasteiger partial charge in [0.25, 0.3) is 0 Å². The number of fused-ring (bicyclic) bond motifs is 2. The van der Waals surface area contributed by atoms with E-state index in [1.54, 1.807) is 12.1 Å². The van der Waals surface area contributed by atoms with E-state index in [1.807, 2.05) is 30.3 Å². The number of aromatic hydroxyl groups is 1. The molecule has 5 aromatic rings. The summed E-state index contributed by atoms with van der Waals surface area (Å²) in [5.74, 6) is -0.126. The Balaban J connectivity index is 1.61. The molecule has 0 saturated carbocycles. The summed E-state index contributed by atoms with van der Waals surface area (Å²) in [4.78, 5) is 13.1. The molecule has 2 N–H and O–H groups in total. The average molecular weight is 434 g/mol. The number of phenols is 1. The minimum absolute atomic E-state index is 0.126. The second-order valence-electron chi connectivity index (χ2n) is 7.10. The maximum atomic E-state index is 9.79. The molecule has 0 saturated heterocycles. The lowest BCUT2D eigenvalue weighted by molar-refractivity contribution is 0.476. The number of phenolic OH excluding ortho intramolecular Hbond substituents is 1. The summed E-state index contributed by atoms with van der Waals surface area (Å²) in [5, 5.41) is 11.4. The lowest BCUT2D eigenvalue weighted by Gasteiger charge is -2.08. The van der Waals surface area contributed by atoms with Gasteiger partial charge in [0.15, 0.2) is 5.75 Å². The van der Waals surface area contributed by atoms with Crippen LogP contribution in [0.15, 0.2) is 60.7 Å². The van der Waals surface area contributed by atoms with Crippen LogP contribution in [0.25, 0.3) is 44.6 Å². The van der Waals surface area contributed by atoms with Crippen LogP contribution in [0, 0.1) is 0 Å². The van der Waals surface area contributed by atoms with E-state index in [4.69, 9.17) is 33.2 Å². The fourth-order valence-electron chi connectivity index (χ4n) is 3.81. The van der Waals surface area contributed by atoms with Crippen LogP contribution in [-0.4, -0.2) is 20.1 Å². The van der Waals surface area contributed by atoms with Gasteiger partial charge >= 0.3 is 0 Å². The monoisotopic (exact) mass is 433 g/mol. The fraction of sp³-hybridized carbons (Fsp3) is 0.0833. The summed E-state index contributed by atoms with van der Waals surface area (Å²) in [6.07, 6.45) is 0.915. The third kappa shape index (κ3) is 3.09. The SMILES string of the molecule is CCc1c(-c2ccc3nc(-c4cc(Cl)c(O)c(Cl)c4)ccc3n2)[nH]c2ccccc12. The van der Waals surface area contributed by atoms with Crippen LogP contribution in [-0.2, 0) is 6.42 Å². The highest BCUT2D eigenvalue weighted by Crippen LogP contribution is 2.36. The van der Waals surface area contributed by atoms with Gasteiger partial charge in [-0.05, 0) is 54.4 Å². The zero-order chi connectivity index (χ0) is 20.8. The molecule has 5 rings (SSSR count). The van der Waals surface area contributed by atoms with E-state index >= 15 is 0 Å². The van der Waals surface area contributed by atoms with Gasteiger partial charge in [-0.15, -0.1) is 0 Å². The number of nitrogens with zero attached hydrogens (tertiary/aromatic N) is 2. The number of benzene rings is 2. The molecule has 0 atom stereocenters. The van der Waals surface area contributed by atoms with Crippen molar-refractivity contribution in [1.29, 1.82) is 0 Å². The molecule has 30 heavy (non-hydrogen) atoms. The molecular weight excluding hydrogens is 417 g/mol. The van der Waals surface area contributed by atoms with Gasteiger partial charge in [-0.3, -0.25) is 0 Å². The van der Waals surface area contributed by atoms with Crippen LogP contribution >= 0.6 is 23.2 Å². The Morgan fingerprint density at radius 1 is 0.867 bits per heavy atom. The van der Waals surface area contributed by atoms with E-state index in [0.29, 0.717) is 5.69 Å². The average Bonchev–Trinajstić information content (AvgIpc) is 3.15. The molecule has 2 aromatic carbocycles. The van der Waals surface area contributed by atoms with E-state index in [0.717, 1.165) is 39.9 Å². The van der Waals surface area contributed by atoms with Crippen molar-refractivity contribution < 1.29 is 5.11 Å². The maximum absolute atomic E-state index is 9.79. The van der Waals surface area contributed by atoms with E-state index in [-0.39, 0.29) is 15.8 Å². The molecule has 0 amide bonds. The van der Waals surface area contributed by atoms with Gasteiger partial charge in [-0.25, -0.2) is 9.97 Å². The number of rotatable bonds is 3. The highest BCUT2D eigenvalue weighted by Gasteiger charge is 2.14. The summed E-state index contributed by atoms with van der Waals surface area (Å²) in [5.41, 5.74) is 7.32. The van der Waals surface area contributed by atoms with Crippen molar-refractivity contribution in [3.05, 3.63) is 76.3 Å². The van der Waals surface area contributed by atoms with Crippen molar-refractivity contribution in [2.24, 2.45) is 0 Å². The topological polar surface area (TPSA) is 61.8 Å². The molecule has 0 aliphatic rings. The molecule has 0 bridgehead atoms. The minimum atomic E-state index is -0.126. The molecular formula is C24H17Cl2N3O. The maximum Gasteiger partial charge on any atom is 0.152 e. The Morgan fingerprint density at radius 3 is 2.20 bits per heavy atom. The Hall–Kier alpha value is -3.08. The van der Waals surface area contributed by atoms with Crippen LogP contribution in [0.2, 0.25) is 10.0 Å². The predicted molar refractivity (Wildman–Crippen MR) is 123 cm³/mol. The number of aromatic nitrogens is 3. The van der Waals surface area contributed by atoms with Crippen molar-refractivity contribution >= 4 is 45.1 Å². The first-order valence-electron chi connectivity index (χ1n) is 9.61. The van der Waals surface area contributed by atoms with E-state index in [1.165, 1.54) is 10.9 Å². The van der Waals surface area contributed by atoms with E-state index in [2.05, 4.69) is 30.1 Å². The normalized spacial score (nSPS) is 11.4. The van der Waals surface area contributed by atoms with Crippen molar-refractivity contribution in [1.82, 2.24) is 15.0 Å². The third-order valence-electron chi connectivity index (χ3n) is 5.28. The molecule has 148 valence electrons. The zero-order valence-corrected chi connectivity index (χ0v) is 17.6. The molecule has 3 heterocycles. The number of nitrogens with one attached hydrogen (secondary N) is 1. The van der Waals surface area contributed by atoms with Gasteiger partial charge in [0, 0.05) is 16.5 Å². The van der Waals surface area contributed by atoms with Crippen LogP contribution in [0.4, 0.5) is 0 Å². The Morgan fingerprint density at radius 2 is 1.50 bits per heavy atom. The quantitative estimate of drug-likeness (QED) is 0.321. The molecule has 0 spiro atoms. The molecule has 0 fully saturated rings. The van der Waals surface area contributed by atoms with E-state index < -0.39 is 0 Å². The highest BCUT2D eigenvalue weighted by molar-refractivity contribution is 6.37. The van der Waals surface area contributed by atoms with E-state index in [9.17, 15) is 5.11 Å². The largest absolute Gasteiger partial charge is 0.505 e. The van der Waals surface area contributed by atoms with Gasteiger partial charge in [-0.1, -0.05) is 48.3 Å². The van der Waals surface area contributed by atoms with Crippen LogP contribution in [0.5, 0.6) is 5.75 Å². The van der Waals surface area contributed by atoms with Crippen LogP contribution in [0.1, 0.15) is 12.5 Å². The zero-order valence-electron chi connectivity index (χ0n) is 16.1. The van der Waals surface area contributed by atoms with Gasteiger partial charge in [0.1, 0.15) is 0 Å². The first kappa shape index (κ1) is 18.9. The van der Waals surface area contributed by atoms with Crippen molar-refractivity contribution in [3.63, 3.8) is 0 Å². The number of hydrogen-bond acceptors (Lipinski definition) is 3. The van der Waals surface area contributed by atoms with Gasteiger partial charge in [0.05, 0.1) is 38.2 Å². The highest BCUT2D eigenvalue weighted by atomic mass is 35.5. The number of aromatic amines is 1. The number of pyridine rings is 2. The van der Waals surface area contributed by atoms with Crippen molar-refractivity contribution in [2.75, 3.05) is 0 Å². The molecule has 6 heteroatoms. The van der Waals surface area contributed by atoms with Gasteiger partial charge in [-0.2, -0.15) is 0 Å². The van der Waals surface area contributed by atoms with Crippen molar-refractivity contribution in [2.45, 2.75) is 13.3 Å².